The molecule has 0 aliphatic carbocycles. The molecule has 3 heteroatoms. The smallest absolute Gasteiger partial charge is 0.338 e. The molecule has 0 bridgehead atoms. The molecular formula is C11H15NO2. The second-order valence-corrected chi connectivity index (χ2v) is 3.22. The van der Waals surface area contributed by atoms with Gasteiger partial charge in [-0.2, -0.15) is 0 Å². The van der Waals surface area contributed by atoms with E-state index in [1.807, 2.05) is 19.9 Å². The molecule has 0 aliphatic heterocycles. The molecule has 14 heavy (non-hydrogen) atoms. The number of methoxy groups -OCH3 is 1. The molecule has 3 nitrogen and oxygen atoms in total. The number of carbonyl (C=O) groups is 1. The molecule has 0 heterocycles. The van der Waals surface area contributed by atoms with Gasteiger partial charge in [0.15, 0.2) is 0 Å². The Morgan fingerprint density at radius 1 is 1.36 bits per heavy atom. The second kappa shape index (κ2) is 4.24. The van der Waals surface area contributed by atoms with Gasteiger partial charge < -0.3 is 10.5 Å². The average molecular weight is 193 g/mol. The molecule has 1 aromatic rings. The summed E-state index contributed by atoms with van der Waals surface area (Å²) < 4.78 is 4.68. The molecule has 0 aromatic heterocycles. The molecule has 0 saturated carbocycles. The Bertz CT molecular complexity index is 359. The fourth-order valence-corrected chi connectivity index (χ4v) is 1.43. The van der Waals surface area contributed by atoms with Crippen LogP contribution in [-0.4, -0.2) is 13.1 Å². The third kappa shape index (κ3) is 1.77. The van der Waals surface area contributed by atoms with Crippen LogP contribution < -0.4 is 5.73 Å². The molecule has 2 N–H and O–H groups in total. The predicted molar refractivity (Wildman–Crippen MR) is 55.1 cm³/mol. The van der Waals surface area contributed by atoms with E-state index in [1.54, 1.807) is 6.07 Å². The number of rotatable bonds is 2. The average Bonchev–Trinajstić information content (AvgIpc) is 2.21. The first-order valence-electron chi connectivity index (χ1n) is 4.49. The molecule has 1 rings (SSSR count). The fourth-order valence-electron chi connectivity index (χ4n) is 1.43. The van der Waals surface area contributed by atoms with Crippen molar-refractivity contribution in [2.24, 2.45) is 5.73 Å². The van der Waals surface area contributed by atoms with Crippen molar-refractivity contribution in [1.82, 2.24) is 0 Å². The molecule has 1 aromatic carbocycles. The highest BCUT2D eigenvalue weighted by Gasteiger charge is 2.11. The van der Waals surface area contributed by atoms with Crippen molar-refractivity contribution in [1.29, 1.82) is 0 Å². The van der Waals surface area contributed by atoms with Crippen molar-refractivity contribution in [2.45, 2.75) is 20.4 Å². The van der Waals surface area contributed by atoms with Gasteiger partial charge in [-0.3, -0.25) is 0 Å². The molecular weight excluding hydrogens is 178 g/mol. The minimum absolute atomic E-state index is 0.297. The Balaban J connectivity index is 3.24. The first-order valence-corrected chi connectivity index (χ1v) is 4.49. The van der Waals surface area contributed by atoms with Gasteiger partial charge in [0.1, 0.15) is 0 Å². The maximum atomic E-state index is 11.3. The lowest BCUT2D eigenvalue weighted by atomic mass is 9.98. The third-order valence-electron chi connectivity index (χ3n) is 2.52. The van der Waals surface area contributed by atoms with E-state index in [-0.39, 0.29) is 5.97 Å². The van der Waals surface area contributed by atoms with Crippen LogP contribution in [0.3, 0.4) is 0 Å². The molecule has 0 saturated heterocycles. The van der Waals surface area contributed by atoms with Crippen LogP contribution in [0, 0.1) is 13.8 Å². The zero-order valence-electron chi connectivity index (χ0n) is 8.76. The van der Waals surface area contributed by atoms with E-state index in [2.05, 4.69) is 4.74 Å². The number of esters is 1. The van der Waals surface area contributed by atoms with Gasteiger partial charge in [0.05, 0.1) is 12.7 Å². The van der Waals surface area contributed by atoms with E-state index in [1.165, 1.54) is 7.11 Å². The highest BCUT2D eigenvalue weighted by atomic mass is 16.5. The van der Waals surface area contributed by atoms with E-state index in [4.69, 9.17) is 5.73 Å². The number of nitrogens with two attached hydrogens (primary N) is 1. The van der Waals surface area contributed by atoms with Crippen molar-refractivity contribution in [3.05, 3.63) is 34.4 Å². The van der Waals surface area contributed by atoms with Gasteiger partial charge in [-0.15, -0.1) is 0 Å². The molecule has 0 radical (unpaired) electrons. The van der Waals surface area contributed by atoms with Gasteiger partial charge in [0.2, 0.25) is 0 Å². The van der Waals surface area contributed by atoms with Crippen LogP contribution in [0.4, 0.5) is 0 Å². The first kappa shape index (κ1) is 10.7. The van der Waals surface area contributed by atoms with Gasteiger partial charge in [0.25, 0.3) is 0 Å². The Morgan fingerprint density at radius 3 is 2.50 bits per heavy atom. The molecule has 0 spiro atoms. The van der Waals surface area contributed by atoms with Gasteiger partial charge in [-0.1, -0.05) is 6.07 Å². The van der Waals surface area contributed by atoms with E-state index < -0.39 is 0 Å². The standard InChI is InChI=1S/C11H15NO2/c1-7-8(2)10(11(13)14-3)5-4-9(7)6-12/h4-5H,6,12H2,1-3H3. The van der Waals surface area contributed by atoms with Gasteiger partial charge >= 0.3 is 5.97 Å². The van der Waals surface area contributed by atoms with E-state index >= 15 is 0 Å². The summed E-state index contributed by atoms with van der Waals surface area (Å²) in [6.07, 6.45) is 0. The zero-order valence-corrected chi connectivity index (χ0v) is 8.76. The number of carbonyl (C=O) groups excluding carboxylic acids is 1. The molecule has 76 valence electrons. The lowest BCUT2D eigenvalue weighted by Gasteiger charge is -2.10. The molecule has 0 atom stereocenters. The van der Waals surface area contributed by atoms with Gasteiger partial charge in [-0.25, -0.2) is 4.79 Å². The van der Waals surface area contributed by atoms with Gasteiger partial charge in [0, 0.05) is 6.54 Å². The summed E-state index contributed by atoms with van der Waals surface area (Å²) >= 11 is 0. The molecule has 0 amide bonds. The Labute approximate surface area is 83.9 Å². The number of hydrogen-bond acceptors (Lipinski definition) is 3. The summed E-state index contributed by atoms with van der Waals surface area (Å²) in [7, 11) is 1.38. The lowest BCUT2D eigenvalue weighted by molar-refractivity contribution is 0.0600. The van der Waals surface area contributed by atoms with Crippen LogP contribution in [0.1, 0.15) is 27.0 Å². The summed E-state index contributed by atoms with van der Waals surface area (Å²) in [5.41, 5.74) is 9.25. The summed E-state index contributed by atoms with van der Waals surface area (Å²) in [6, 6.07) is 3.63. The quantitative estimate of drug-likeness (QED) is 0.725. The van der Waals surface area contributed by atoms with Crippen molar-refractivity contribution < 1.29 is 9.53 Å². The van der Waals surface area contributed by atoms with E-state index in [0.29, 0.717) is 12.1 Å². The molecule has 0 fully saturated rings. The number of ether oxygens (including phenoxy) is 1. The third-order valence-corrected chi connectivity index (χ3v) is 2.52. The van der Waals surface area contributed by atoms with Crippen LogP contribution in [0.5, 0.6) is 0 Å². The summed E-state index contributed by atoms with van der Waals surface area (Å²) in [5.74, 6) is -0.297. The fraction of sp³-hybridized carbons (Fsp3) is 0.364. The van der Waals surface area contributed by atoms with Crippen LogP contribution in [-0.2, 0) is 11.3 Å². The zero-order chi connectivity index (χ0) is 10.7. The Hall–Kier alpha value is -1.35. The SMILES string of the molecule is COC(=O)c1ccc(CN)c(C)c1C. The van der Waals surface area contributed by atoms with Gasteiger partial charge in [-0.05, 0) is 36.6 Å². The van der Waals surface area contributed by atoms with Crippen molar-refractivity contribution in [2.75, 3.05) is 7.11 Å². The number of hydrogen-bond donors (Lipinski definition) is 1. The predicted octanol–water partition coefficient (Wildman–Crippen LogP) is 1.55. The molecule has 0 aliphatic rings. The lowest BCUT2D eigenvalue weighted by Crippen LogP contribution is -2.08. The minimum atomic E-state index is -0.297. The first-order chi connectivity index (χ1) is 6.61. The summed E-state index contributed by atoms with van der Waals surface area (Å²) in [6.45, 7) is 4.36. The summed E-state index contributed by atoms with van der Waals surface area (Å²) in [5, 5.41) is 0. The van der Waals surface area contributed by atoms with Crippen molar-refractivity contribution in [3.63, 3.8) is 0 Å². The van der Waals surface area contributed by atoms with E-state index in [0.717, 1.165) is 16.7 Å². The second-order valence-electron chi connectivity index (χ2n) is 3.22. The maximum absolute atomic E-state index is 11.3. The van der Waals surface area contributed by atoms with Crippen LogP contribution in [0.25, 0.3) is 0 Å². The number of benzene rings is 1. The minimum Gasteiger partial charge on any atom is -0.465 e. The monoisotopic (exact) mass is 193 g/mol. The Morgan fingerprint density at radius 2 is 2.00 bits per heavy atom. The largest absolute Gasteiger partial charge is 0.465 e. The van der Waals surface area contributed by atoms with Crippen molar-refractivity contribution >= 4 is 5.97 Å². The van der Waals surface area contributed by atoms with E-state index in [9.17, 15) is 4.79 Å². The van der Waals surface area contributed by atoms with Crippen LogP contribution in [0.15, 0.2) is 12.1 Å². The maximum Gasteiger partial charge on any atom is 0.338 e. The normalized spacial score (nSPS) is 10.0. The summed E-state index contributed by atoms with van der Waals surface area (Å²) in [4.78, 5) is 11.3. The van der Waals surface area contributed by atoms with Crippen molar-refractivity contribution in [3.8, 4) is 0 Å². The highest BCUT2D eigenvalue weighted by molar-refractivity contribution is 5.91. The molecule has 0 unspecified atom stereocenters. The van der Waals surface area contributed by atoms with Crippen LogP contribution in [0.2, 0.25) is 0 Å². The highest BCUT2D eigenvalue weighted by Crippen LogP contribution is 2.18. The topological polar surface area (TPSA) is 52.3 Å². The van der Waals surface area contributed by atoms with Crippen LogP contribution >= 0.6 is 0 Å². The Kier molecular flexibility index (Phi) is 3.25.